The maximum absolute atomic E-state index is 11.5. The Balaban J connectivity index is 1.92. The summed E-state index contributed by atoms with van der Waals surface area (Å²) in [5, 5.41) is 2.15. The molecule has 0 fully saturated rings. The largest absolute Gasteiger partial charge is 0.297 e. The summed E-state index contributed by atoms with van der Waals surface area (Å²) in [6.07, 6.45) is 13.7. The first-order valence-electron chi connectivity index (χ1n) is 11.5. The fraction of sp³-hybridized carbons (Fsp3) is 0.462. The number of carbonyl (C=O) groups excluding carboxylic acids is 2. The summed E-state index contributed by atoms with van der Waals surface area (Å²) in [5.74, 6) is 0. The number of unbranched alkanes of at least 4 members (excludes halogenated alkanes) is 6. The Hall–Kier alpha value is -1.56. The van der Waals surface area contributed by atoms with Crippen LogP contribution in [-0.2, 0) is 12.8 Å². The third-order valence-electron chi connectivity index (χ3n) is 5.60. The van der Waals surface area contributed by atoms with Gasteiger partial charge in [-0.3, -0.25) is 9.59 Å². The Bertz CT molecular complexity index is 900. The van der Waals surface area contributed by atoms with E-state index in [1.165, 1.54) is 69.8 Å². The SMILES string of the molecule is CCCCCCc1cc(C=O)sc1-c1ccsc1-c1sc(C=O)cc1CCCCCC. The molecule has 3 rings (SSSR count). The maximum atomic E-state index is 11.5. The smallest absolute Gasteiger partial charge is 0.160 e. The van der Waals surface area contributed by atoms with Crippen LogP contribution in [0.1, 0.15) is 95.7 Å². The van der Waals surface area contributed by atoms with E-state index in [1.807, 2.05) is 0 Å². The van der Waals surface area contributed by atoms with Gasteiger partial charge in [0, 0.05) is 15.3 Å². The second-order valence-electron chi connectivity index (χ2n) is 8.03. The lowest BCUT2D eigenvalue weighted by atomic mass is 10.0. The van der Waals surface area contributed by atoms with Gasteiger partial charge in [0.25, 0.3) is 0 Å². The normalized spacial score (nSPS) is 11.2. The molecule has 166 valence electrons. The number of aryl methyl sites for hydroxylation is 2. The summed E-state index contributed by atoms with van der Waals surface area (Å²) in [7, 11) is 0. The molecule has 5 heteroatoms. The van der Waals surface area contributed by atoms with Crippen LogP contribution in [-0.4, -0.2) is 12.6 Å². The van der Waals surface area contributed by atoms with E-state index in [-0.39, 0.29) is 0 Å². The molecule has 31 heavy (non-hydrogen) atoms. The molecule has 3 aromatic rings. The van der Waals surface area contributed by atoms with Gasteiger partial charge in [-0.1, -0.05) is 52.4 Å². The molecule has 0 aliphatic carbocycles. The highest BCUT2D eigenvalue weighted by Crippen LogP contribution is 2.46. The van der Waals surface area contributed by atoms with Crippen molar-refractivity contribution in [1.29, 1.82) is 0 Å². The molecule has 0 radical (unpaired) electrons. The van der Waals surface area contributed by atoms with Gasteiger partial charge in [-0.15, -0.1) is 34.0 Å². The quantitative estimate of drug-likeness (QED) is 0.173. The van der Waals surface area contributed by atoms with Crippen molar-refractivity contribution < 1.29 is 9.59 Å². The van der Waals surface area contributed by atoms with Crippen LogP contribution in [0.15, 0.2) is 23.6 Å². The molecule has 0 spiro atoms. The predicted molar refractivity (Wildman–Crippen MR) is 137 cm³/mol. The van der Waals surface area contributed by atoms with Crippen LogP contribution in [0.4, 0.5) is 0 Å². The molecule has 2 nitrogen and oxygen atoms in total. The maximum Gasteiger partial charge on any atom is 0.160 e. The molecule has 3 heterocycles. The second kappa shape index (κ2) is 12.5. The van der Waals surface area contributed by atoms with Gasteiger partial charge in [0.05, 0.1) is 14.6 Å². The average Bonchev–Trinajstić information content (AvgIpc) is 3.51. The van der Waals surface area contributed by atoms with E-state index in [0.717, 1.165) is 48.0 Å². The Morgan fingerprint density at radius 1 is 0.710 bits per heavy atom. The molecule has 0 aromatic carbocycles. The molecule has 0 atom stereocenters. The van der Waals surface area contributed by atoms with Crippen LogP contribution in [0.3, 0.4) is 0 Å². The van der Waals surface area contributed by atoms with E-state index >= 15 is 0 Å². The van der Waals surface area contributed by atoms with Gasteiger partial charge >= 0.3 is 0 Å². The second-order valence-corrected chi connectivity index (χ2v) is 11.1. The van der Waals surface area contributed by atoms with Gasteiger partial charge in [-0.2, -0.15) is 0 Å². The number of hydrogen-bond acceptors (Lipinski definition) is 5. The van der Waals surface area contributed by atoms with E-state index < -0.39 is 0 Å². The molecule has 0 bridgehead atoms. The summed E-state index contributed by atoms with van der Waals surface area (Å²) in [4.78, 5) is 28.4. The van der Waals surface area contributed by atoms with Crippen LogP contribution in [0.5, 0.6) is 0 Å². The number of aldehydes is 2. The van der Waals surface area contributed by atoms with Crippen LogP contribution >= 0.6 is 34.0 Å². The van der Waals surface area contributed by atoms with Gasteiger partial charge in [0.1, 0.15) is 0 Å². The summed E-state index contributed by atoms with van der Waals surface area (Å²) in [6.45, 7) is 4.46. The summed E-state index contributed by atoms with van der Waals surface area (Å²) >= 11 is 4.97. The van der Waals surface area contributed by atoms with Crippen molar-refractivity contribution in [1.82, 2.24) is 0 Å². The molecule has 0 saturated carbocycles. The monoisotopic (exact) mass is 472 g/mol. The van der Waals surface area contributed by atoms with E-state index in [9.17, 15) is 9.59 Å². The van der Waals surface area contributed by atoms with Gasteiger partial charge in [-0.25, -0.2) is 0 Å². The Morgan fingerprint density at radius 2 is 1.26 bits per heavy atom. The van der Waals surface area contributed by atoms with Crippen molar-refractivity contribution in [2.75, 3.05) is 0 Å². The fourth-order valence-electron chi connectivity index (χ4n) is 3.96. The Morgan fingerprint density at radius 3 is 1.81 bits per heavy atom. The summed E-state index contributed by atoms with van der Waals surface area (Å²) in [6, 6.07) is 6.35. The Kier molecular flexibility index (Phi) is 9.69. The zero-order chi connectivity index (χ0) is 22.1. The lowest BCUT2D eigenvalue weighted by Gasteiger charge is -2.07. The van der Waals surface area contributed by atoms with E-state index in [2.05, 4.69) is 37.4 Å². The van der Waals surface area contributed by atoms with E-state index in [4.69, 9.17) is 0 Å². The molecule has 3 aromatic heterocycles. The van der Waals surface area contributed by atoms with Crippen LogP contribution in [0.25, 0.3) is 20.2 Å². The van der Waals surface area contributed by atoms with Crippen molar-refractivity contribution in [2.45, 2.75) is 78.1 Å². The van der Waals surface area contributed by atoms with E-state index in [0.29, 0.717) is 0 Å². The number of thiophene rings is 3. The molecular weight excluding hydrogens is 440 g/mol. The highest BCUT2D eigenvalue weighted by molar-refractivity contribution is 7.23. The molecule has 0 N–H and O–H groups in total. The molecular formula is C26H32O2S3. The molecule has 0 unspecified atom stereocenters. The minimum Gasteiger partial charge on any atom is -0.297 e. The highest BCUT2D eigenvalue weighted by Gasteiger charge is 2.20. The van der Waals surface area contributed by atoms with Gasteiger partial charge < -0.3 is 0 Å². The third kappa shape index (κ3) is 6.24. The summed E-state index contributed by atoms with van der Waals surface area (Å²) < 4.78 is 0. The van der Waals surface area contributed by atoms with Gasteiger partial charge in [0.2, 0.25) is 0 Å². The number of rotatable bonds is 14. The topological polar surface area (TPSA) is 34.1 Å². The first kappa shape index (κ1) is 24.1. The standard InChI is InChI=1S/C26H32O2S3/c1-3-5-7-9-11-19-15-21(17-27)30-24(19)23-13-14-29-26(23)25-20(12-10-8-6-4-2)16-22(18-28)31-25/h13-18H,3-12H2,1-2H3. The van der Waals surface area contributed by atoms with Crippen molar-refractivity contribution >= 4 is 46.6 Å². The molecule has 0 aliphatic heterocycles. The molecule has 0 aliphatic rings. The molecule has 0 saturated heterocycles. The first-order chi connectivity index (χ1) is 15.2. The molecule has 0 amide bonds. The van der Waals surface area contributed by atoms with E-state index in [1.54, 1.807) is 34.0 Å². The predicted octanol–water partition coefficient (Wildman–Crippen LogP) is 9.08. The number of hydrogen-bond donors (Lipinski definition) is 0. The number of carbonyl (C=O) groups is 2. The lowest BCUT2D eigenvalue weighted by molar-refractivity contribution is 0.111. The van der Waals surface area contributed by atoms with Crippen LogP contribution in [0, 0.1) is 0 Å². The van der Waals surface area contributed by atoms with Crippen LogP contribution < -0.4 is 0 Å². The average molecular weight is 473 g/mol. The van der Waals surface area contributed by atoms with Crippen LogP contribution in [0.2, 0.25) is 0 Å². The van der Waals surface area contributed by atoms with Crippen molar-refractivity contribution in [3.05, 3.63) is 44.5 Å². The van der Waals surface area contributed by atoms with Gasteiger partial charge in [-0.05, 0) is 60.4 Å². The zero-order valence-electron chi connectivity index (χ0n) is 18.6. The Labute approximate surface area is 198 Å². The third-order valence-corrected chi connectivity index (χ3v) is 8.92. The van der Waals surface area contributed by atoms with Crippen molar-refractivity contribution in [2.24, 2.45) is 0 Å². The summed E-state index contributed by atoms with van der Waals surface area (Å²) in [5.41, 5.74) is 3.81. The van der Waals surface area contributed by atoms with Crippen molar-refractivity contribution in [3.8, 4) is 20.2 Å². The first-order valence-corrected chi connectivity index (χ1v) is 14.0. The van der Waals surface area contributed by atoms with Gasteiger partial charge in [0.15, 0.2) is 12.6 Å². The van der Waals surface area contributed by atoms with Crippen molar-refractivity contribution in [3.63, 3.8) is 0 Å². The minimum absolute atomic E-state index is 0.803. The minimum atomic E-state index is 0.803. The highest BCUT2D eigenvalue weighted by atomic mass is 32.1. The lowest BCUT2D eigenvalue weighted by Crippen LogP contribution is -1.88. The fourth-order valence-corrected chi connectivity index (χ4v) is 7.20. The zero-order valence-corrected chi connectivity index (χ0v) is 21.0.